The topological polar surface area (TPSA) is 81.8 Å². The molecule has 1 saturated heterocycles. The van der Waals surface area contributed by atoms with Gasteiger partial charge in [0.1, 0.15) is 23.2 Å². The first kappa shape index (κ1) is 19.7. The fourth-order valence-corrected chi connectivity index (χ4v) is 4.31. The fourth-order valence-electron chi connectivity index (χ4n) is 3.72. The smallest absolute Gasteiger partial charge is 0.273 e. The zero-order valence-corrected chi connectivity index (χ0v) is 18.0. The number of fused-ring (bicyclic) bond motifs is 1. The molecule has 0 radical (unpaired) electrons. The lowest BCUT2D eigenvalue weighted by molar-refractivity contribution is -0.0242. The van der Waals surface area contributed by atoms with Crippen LogP contribution in [-0.2, 0) is 4.74 Å². The molecule has 1 aromatic carbocycles. The molecule has 0 aliphatic carbocycles. The molecule has 1 aliphatic rings. The number of carbonyl (C=O) groups excluding carboxylic acids is 1. The van der Waals surface area contributed by atoms with E-state index >= 15 is 0 Å². The third-order valence-electron chi connectivity index (χ3n) is 5.36. The van der Waals surface area contributed by atoms with Crippen molar-refractivity contribution in [3.8, 4) is 16.9 Å². The summed E-state index contributed by atoms with van der Waals surface area (Å²) in [6.07, 6.45) is 1.61. The van der Waals surface area contributed by atoms with Gasteiger partial charge in [-0.15, -0.1) is 16.4 Å². The maximum Gasteiger partial charge on any atom is 0.273 e. The van der Waals surface area contributed by atoms with Gasteiger partial charge in [0.2, 0.25) is 0 Å². The molecule has 0 N–H and O–H groups in total. The van der Waals surface area contributed by atoms with Crippen LogP contribution < -0.4 is 4.74 Å². The number of hydrogen-bond acceptors (Lipinski definition) is 7. The second-order valence-corrected chi connectivity index (χ2v) is 8.38. The zero-order chi connectivity index (χ0) is 21.4. The van der Waals surface area contributed by atoms with Crippen molar-refractivity contribution < 1.29 is 14.3 Å². The summed E-state index contributed by atoms with van der Waals surface area (Å²) in [5.74, 6) is 0.741. The van der Waals surface area contributed by atoms with Crippen LogP contribution in [0.5, 0.6) is 5.75 Å². The van der Waals surface area contributed by atoms with Gasteiger partial charge in [-0.2, -0.15) is 0 Å². The molecule has 8 nitrogen and oxygen atoms in total. The van der Waals surface area contributed by atoms with Gasteiger partial charge in [0.25, 0.3) is 5.91 Å². The summed E-state index contributed by atoms with van der Waals surface area (Å²) >= 11 is 1.48. The Kier molecular flexibility index (Phi) is 5.13. The van der Waals surface area contributed by atoms with Crippen molar-refractivity contribution in [2.75, 3.05) is 26.8 Å². The van der Waals surface area contributed by atoms with E-state index in [1.807, 2.05) is 49.5 Å². The van der Waals surface area contributed by atoms with E-state index in [2.05, 4.69) is 15.3 Å². The van der Waals surface area contributed by atoms with E-state index in [4.69, 9.17) is 9.47 Å². The van der Waals surface area contributed by atoms with Crippen LogP contribution in [0, 0.1) is 6.92 Å². The Morgan fingerprint density at radius 1 is 1.19 bits per heavy atom. The normalized spacial score (nSPS) is 16.6. The maximum absolute atomic E-state index is 12.8. The van der Waals surface area contributed by atoms with E-state index in [1.54, 1.807) is 21.9 Å². The molecule has 0 saturated carbocycles. The predicted octanol–water partition coefficient (Wildman–Crippen LogP) is 3.38. The number of methoxy groups -OCH3 is 1. The Balaban J connectivity index is 1.39. The fraction of sp³-hybridized carbons (Fsp3) is 0.273. The van der Waals surface area contributed by atoms with Gasteiger partial charge in [0, 0.05) is 23.7 Å². The average Bonchev–Trinajstić information content (AvgIpc) is 3.44. The molecule has 0 unspecified atom stereocenters. The SMILES string of the molecule is COc1ccc(-c2ccc3c([C@@H]4CN(C(=O)c5csc(C)n5)CCO4)nnn3c2)cc1. The Bertz CT molecular complexity index is 1230. The van der Waals surface area contributed by atoms with Gasteiger partial charge in [-0.25, -0.2) is 9.50 Å². The number of benzene rings is 1. The largest absolute Gasteiger partial charge is 0.497 e. The maximum atomic E-state index is 12.8. The molecule has 1 fully saturated rings. The van der Waals surface area contributed by atoms with Crippen LogP contribution in [0.15, 0.2) is 48.0 Å². The summed E-state index contributed by atoms with van der Waals surface area (Å²) in [6.45, 7) is 3.30. The lowest BCUT2D eigenvalue weighted by Gasteiger charge is -2.31. The Hall–Kier alpha value is -3.30. The van der Waals surface area contributed by atoms with Crippen LogP contribution in [-0.4, -0.2) is 57.4 Å². The number of aromatic nitrogens is 4. The summed E-state index contributed by atoms with van der Waals surface area (Å²) in [5.41, 5.74) is 4.16. The first-order valence-corrected chi connectivity index (χ1v) is 10.8. The third kappa shape index (κ3) is 3.77. The summed E-state index contributed by atoms with van der Waals surface area (Å²) in [4.78, 5) is 18.9. The van der Waals surface area contributed by atoms with Gasteiger partial charge in [-0.3, -0.25) is 4.79 Å². The highest BCUT2D eigenvalue weighted by Gasteiger charge is 2.30. The predicted molar refractivity (Wildman–Crippen MR) is 116 cm³/mol. The number of carbonyl (C=O) groups is 1. The summed E-state index contributed by atoms with van der Waals surface area (Å²) in [7, 11) is 1.65. The van der Waals surface area contributed by atoms with Crippen molar-refractivity contribution in [2.45, 2.75) is 13.0 Å². The highest BCUT2D eigenvalue weighted by molar-refractivity contribution is 7.09. The second kappa shape index (κ2) is 8.09. The number of pyridine rings is 1. The molecule has 1 amide bonds. The monoisotopic (exact) mass is 435 g/mol. The first-order valence-electron chi connectivity index (χ1n) is 9.95. The minimum absolute atomic E-state index is 0.0732. The Labute approximate surface area is 183 Å². The van der Waals surface area contributed by atoms with Gasteiger partial charge in [-0.05, 0) is 30.7 Å². The van der Waals surface area contributed by atoms with E-state index in [0.717, 1.165) is 33.1 Å². The van der Waals surface area contributed by atoms with Crippen LogP contribution in [0.1, 0.15) is 27.3 Å². The third-order valence-corrected chi connectivity index (χ3v) is 6.13. The molecule has 5 rings (SSSR count). The van der Waals surface area contributed by atoms with Crippen molar-refractivity contribution in [3.05, 3.63) is 64.4 Å². The van der Waals surface area contributed by atoms with E-state index in [1.165, 1.54) is 11.3 Å². The van der Waals surface area contributed by atoms with Gasteiger partial charge in [-0.1, -0.05) is 23.4 Å². The molecule has 4 aromatic rings. The minimum atomic E-state index is -0.332. The molecular formula is C22H21N5O3S. The van der Waals surface area contributed by atoms with Gasteiger partial charge in [0.15, 0.2) is 0 Å². The number of rotatable bonds is 4. The minimum Gasteiger partial charge on any atom is -0.497 e. The second-order valence-electron chi connectivity index (χ2n) is 7.31. The van der Waals surface area contributed by atoms with E-state index in [0.29, 0.717) is 25.4 Å². The van der Waals surface area contributed by atoms with E-state index < -0.39 is 0 Å². The van der Waals surface area contributed by atoms with Crippen molar-refractivity contribution >= 4 is 22.8 Å². The Morgan fingerprint density at radius 3 is 2.74 bits per heavy atom. The van der Waals surface area contributed by atoms with Crippen molar-refractivity contribution in [1.29, 1.82) is 0 Å². The van der Waals surface area contributed by atoms with Gasteiger partial charge < -0.3 is 14.4 Å². The lowest BCUT2D eigenvalue weighted by Crippen LogP contribution is -2.42. The molecule has 0 bridgehead atoms. The highest BCUT2D eigenvalue weighted by Crippen LogP contribution is 2.28. The number of amides is 1. The molecule has 1 aliphatic heterocycles. The average molecular weight is 436 g/mol. The molecule has 1 atom stereocenters. The molecular weight excluding hydrogens is 414 g/mol. The number of nitrogens with zero attached hydrogens (tertiary/aromatic N) is 5. The summed E-state index contributed by atoms with van der Waals surface area (Å²) in [6, 6.07) is 11.9. The van der Waals surface area contributed by atoms with Gasteiger partial charge >= 0.3 is 0 Å². The van der Waals surface area contributed by atoms with Crippen LogP contribution in [0.2, 0.25) is 0 Å². The number of aryl methyl sites for hydroxylation is 1. The summed E-state index contributed by atoms with van der Waals surface area (Å²) in [5, 5.41) is 11.3. The number of thiazole rings is 1. The van der Waals surface area contributed by atoms with Crippen LogP contribution in [0.4, 0.5) is 0 Å². The number of morpholine rings is 1. The van der Waals surface area contributed by atoms with Crippen LogP contribution in [0.25, 0.3) is 16.6 Å². The van der Waals surface area contributed by atoms with E-state index in [-0.39, 0.29) is 12.0 Å². The highest BCUT2D eigenvalue weighted by atomic mass is 32.1. The first-order chi connectivity index (χ1) is 15.1. The van der Waals surface area contributed by atoms with E-state index in [9.17, 15) is 4.79 Å². The van der Waals surface area contributed by atoms with Crippen molar-refractivity contribution in [2.24, 2.45) is 0 Å². The molecule has 3 aromatic heterocycles. The molecule has 9 heteroatoms. The lowest BCUT2D eigenvalue weighted by atomic mass is 10.1. The quantitative estimate of drug-likeness (QED) is 0.489. The summed E-state index contributed by atoms with van der Waals surface area (Å²) < 4.78 is 12.9. The van der Waals surface area contributed by atoms with Crippen LogP contribution in [0.3, 0.4) is 0 Å². The number of ether oxygens (including phenoxy) is 2. The zero-order valence-electron chi connectivity index (χ0n) is 17.2. The molecule has 4 heterocycles. The van der Waals surface area contributed by atoms with Gasteiger partial charge in [0.05, 0.1) is 30.8 Å². The van der Waals surface area contributed by atoms with Crippen LogP contribution >= 0.6 is 11.3 Å². The van der Waals surface area contributed by atoms with Crippen molar-refractivity contribution in [1.82, 2.24) is 24.7 Å². The van der Waals surface area contributed by atoms with Crippen molar-refractivity contribution in [3.63, 3.8) is 0 Å². The molecule has 158 valence electrons. The Morgan fingerprint density at radius 2 is 2.00 bits per heavy atom. The molecule has 31 heavy (non-hydrogen) atoms. The molecule has 0 spiro atoms. The standard InChI is InChI=1S/C22H21N5O3S/c1-14-23-18(13-31-14)22(28)26-9-10-30-20(12-26)21-19-8-5-16(11-27(19)25-24-21)15-3-6-17(29-2)7-4-15/h3-8,11,13,20H,9-10,12H2,1-2H3/t20-/m0/s1. The number of hydrogen-bond donors (Lipinski definition) is 0.